The first-order chi connectivity index (χ1) is 24.3. The first-order valence-electron chi connectivity index (χ1n) is 16.5. The average Bonchev–Trinajstić information content (AvgIpc) is 3.53. The van der Waals surface area contributed by atoms with Crippen LogP contribution in [0.15, 0.2) is 170 Å². The van der Waals surface area contributed by atoms with Crippen molar-refractivity contribution in [1.29, 1.82) is 0 Å². The molecular weight excluding hydrogens is 597 g/mol. The van der Waals surface area contributed by atoms with Crippen molar-refractivity contribution in [3.63, 3.8) is 0 Å². The molecule has 3 heterocycles. The lowest BCUT2D eigenvalue weighted by atomic mass is 9.96. The molecule has 0 saturated carbocycles. The van der Waals surface area contributed by atoms with Gasteiger partial charge in [0.15, 0.2) is 5.82 Å². The fourth-order valence-electron chi connectivity index (χ4n) is 7.36. The number of hydrogen-bond acceptors (Lipinski definition) is 3. The van der Waals surface area contributed by atoms with Crippen molar-refractivity contribution in [3.05, 3.63) is 170 Å². The fraction of sp³-hybridized carbons (Fsp3) is 0. The Labute approximate surface area is 282 Å². The van der Waals surface area contributed by atoms with Crippen LogP contribution in [0.25, 0.3) is 93.8 Å². The molecule has 4 nitrogen and oxygen atoms in total. The van der Waals surface area contributed by atoms with E-state index in [0.29, 0.717) is 5.82 Å². The largest absolute Gasteiger partial charge is 0.307 e. The molecule has 4 heteroatoms. The highest BCUT2D eigenvalue weighted by molar-refractivity contribution is 6.32. The first kappa shape index (κ1) is 27.5. The lowest BCUT2D eigenvalue weighted by Crippen LogP contribution is -1.97. The number of pyridine rings is 1. The third-order valence-electron chi connectivity index (χ3n) is 9.59. The minimum Gasteiger partial charge on any atom is -0.307 e. The van der Waals surface area contributed by atoms with E-state index in [-0.39, 0.29) is 0 Å². The van der Waals surface area contributed by atoms with Gasteiger partial charge in [0.25, 0.3) is 0 Å². The minimum atomic E-state index is 0.695. The summed E-state index contributed by atoms with van der Waals surface area (Å²) < 4.78 is 2.39. The maximum atomic E-state index is 5.17. The molecule has 3 aromatic heterocycles. The number of nitrogens with zero attached hydrogens (tertiary/aromatic N) is 4. The van der Waals surface area contributed by atoms with E-state index < -0.39 is 0 Å². The lowest BCUT2D eigenvalue weighted by molar-refractivity contribution is 1.16. The van der Waals surface area contributed by atoms with Crippen LogP contribution >= 0.6 is 0 Å². The summed E-state index contributed by atoms with van der Waals surface area (Å²) in [6.07, 6.45) is 2.00. The first-order valence-corrected chi connectivity index (χ1v) is 16.5. The molecule has 0 atom stereocenters. The number of fused-ring (bicyclic) bond motifs is 9. The normalized spacial score (nSPS) is 11.7. The second-order valence-electron chi connectivity index (χ2n) is 12.5. The van der Waals surface area contributed by atoms with E-state index >= 15 is 0 Å². The smallest absolute Gasteiger partial charge is 0.160 e. The van der Waals surface area contributed by atoms with Crippen LogP contribution in [0.5, 0.6) is 0 Å². The van der Waals surface area contributed by atoms with E-state index in [4.69, 9.17) is 15.0 Å². The van der Waals surface area contributed by atoms with Gasteiger partial charge in [-0.2, -0.15) is 0 Å². The summed E-state index contributed by atoms with van der Waals surface area (Å²) in [5.41, 5.74) is 9.16. The zero-order valence-electron chi connectivity index (χ0n) is 26.5. The maximum absolute atomic E-state index is 5.17. The van der Waals surface area contributed by atoms with Crippen molar-refractivity contribution in [1.82, 2.24) is 19.5 Å². The molecule has 0 saturated heterocycles. The van der Waals surface area contributed by atoms with Gasteiger partial charge >= 0.3 is 0 Å². The van der Waals surface area contributed by atoms with Gasteiger partial charge in [0.1, 0.15) is 0 Å². The van der Waals surface area contributed by atoms with Gasteiger partial charge in [-0.15, -0.1) is 0 Å². The van der Waals surface area contributed by atoms with Crippen LogP contribution in [-0.4, -0.2) is 19.5 Å². The maximum Gasteiger partial charge on any atom is 0.160 e. The molecule has 0 bridgehead atoms. The quantitative estimate of drug-likeness (QED) is 0.183. The molecule has 228 valence electrons. The Balaban J connectivity index is 1.31. The molecule has 0 aliphatic rings. The molecule has 0 fully saturated rings. The summed E-state index contributed by atoms with van der Waals surface area (Å²) >= 11 is 0. The average molecular weight is 625 g/mol. The standard InChI is InChI=1S/C45H28N4/c1-3-13-29(14-4-1)40-27-41(30-15-5-2-6-16-30)48-45(47-40)32-23-24-42-38(26-32)43-36-20-10-8-18-34(36)35-19-9-11-21-37(35)44(43)49(42)33-25-31-17-7-12-22-39(31)46-28-33/h1-28H. The summed E-state index contributed by atoms with van der Waals surface area (Å²) in [6, 6.07) is 57.5. The third kappa shape index (κ3) is 4.42. The zero-order chi connectivity index (χ0) is 32.3. The Morgan fingerprint density at radius 1 is 0.429 bits per heavy atom. The van der Waals surface area contributed by atoms with Crippen LogP contribution in [0, 0.1) is 0 Å². The molecule has 0 radical (unpaired) electrons. The lowest BCUT2D eigenvalue weighted by Gasteiger charge is -2.12. The van der Waals surface area contributed by atoms with Crippen molar-refractivity contribution >= 4 is 54.3 Å². The van der Waals surface area contributed by atoms with Crippen LogP contribution < -0.4 is 0 Å². The van der Waals surface area contributed by atoms with Gasteiger partial charge in [-0.1, -0.05) is 127 Å². The Morgan fingerprint density at radius 3 is 1.73 bits per heavy atom. The Bertz CT molecular complexity index is 2820. The molecule has 0 aliphatic carbocycles. The summed E-state index contributed by atoms with van der Waals surface area (Å²) in [7, 11) is 0. The van der Waals surface area contributed by atoms with E-state index in [9.17, 15) is 0 Å². The molecule has 0 aliphatic heterocycles. The highest BCUT2D eigenvalue weighted by atomic mass is 15.0. The molecule has 49 heavy (non-hydrogen) atoms. The number of rotatable bonds is 4. The monoisotopic (exact) mass is 624 g/mol. The van der Waals surface area contributed by atoms with Gasteiger partial charge in [0, 0.05) is 38.2 Å². The summed E-state index contributed by atoms with van der Waals surface area (Å²) in [5, 5.41) is 8.36. The predicted octanol–water partition coefficient (Wildman–Crippen LogP) is 11.4. The third-order valence-corrected chi connectivity index (χ3v) is 9.59. The van der Waals surface area contributed by atoms with E-state index in [1.807, 2.05) is 24.4 Å². The highest BCUT2D eigenvalue weighted by Crippen LogP contribution is 2.43. The Morgan fingerprint density at radius 2 is 1.02 bits per heavy atom. The van der Waals surface area contributed by atoms with Crippen LogP contribution in [0.2, 0.25) is 0 Å². The molecule has 7 aromatic carbocycles. The van der Waals surface area contributed by atoms with Gasteiger partial charge < -0.3 is 4.57 Å². The van der Waals surface area contributed by atoms with Gasteiger partial charge in [-0.25, -0.2) is 9.97 Å². The van der Waals surface area contributed by atoms with Gasteiger partial charge in [0.2, 0.25) is 0 Å². The molecular formula is C45H28N4. The SMILES string of the molecule is c1ccc(-c2cc(-c3ccccc3)nc(-c3ccc4c(c3)c3c5ccccc5c5ccccc5c3n4-c3cnc4ccccc4c3)n2)cc1. The minimum absolute atomic E-state index is 0.695. The van der Waals surface area contributed by atoms with Gasteiger partial charge in [-0.05, 0) is 52.6 Å². The molecule has 10 rings (SSSR count). The van der Waals surface area contributed by atoms with E-state index in [2.05, 4.69) is 150 Å². The summed E-state index contributed by atoms with van der Waals surface area (Å²) in [6.45, 7) is 0. The highest BCUT2D eigenvalue weighted by Gasteiger charge is 2.21. The van der Waals surface area contributed by atoms with Crippen LogP contribution in [-0.2, 0) is 0 Å². The van der Waals surface area contributed by atoms with Crippen molar-refractivity contribution in [2.45, 2.75) is 0 Å². The number of para-hydroxylation sites is 1. The molecule has 0 N–H and O–H groups in total. The second kappa shape index (κ2) is 11.0. The molecule has 0 unspecified atom stereocenters. The van der Waals surface area contributed by atoms with Crippen LogP contribution in [0.4, 0.5) is 0 Å². The van der Waals surface area contributed by atoms with E-state index in [1.54, 1.807) is 0 Å². The van der Waals surface area contributed by atoms with Crippen molar-refractivity contribution < 1.29 is 0 Å². The molecule has 0 spiro atoms. The second-order valence-corrected chi connectivity index (χ2v) is 12.5. The molecule has 10 aromatic rings. The van der Waals surface area contributed by atoms with E-state index in [0.717, 1.165) is 55.6 Å². The number of aromatic nitrogens is 4. The summed E-state index contributed by atoms with van der Waals surface area (Å²) in [4.78, 5) is 15.2. The van der Waals surface area contributed by atoms with Crippen molar-refractivity contribution in [3.8, 4) is 39.6 Å². The predicted molar refractivity (Wildman–Crippen MR) is 203 cm³/mol. The van der Waals surface area contributed by atoms with Crippen molar-refractivity contribution in [2.24, 2.45) is 0 Å². The topological polar surface area (TPSA) is 43.6 Å². The fourth-order valence-corrected chi connectivity index (χ4v) is 7.36. The van der Waals surface area contributed by atoms with E-state index in [1.165, 1.54) is 32.4 Å². The van der Waals surface area contributed by atoms with Crippen LogP contribution in [0.3, 0.4) is 0 Å². The number of hydrogen-bond donors (Lipinski definition) is 0. The van der Waals surface area contributed by atoms with Gasteiger partial charge in [0.05, 0.1) is 39.8 Å². The Kier molecular flexibility index (Phi) is 6.15. The van der Waals surface area contributed by atoms with Gasteiger partial charge in [-0.3, -0.25) is 4.98 Å². The Hall–Kier alpha value is -6.65. The van der Waals surface area contributed by atoms with Crippen molar-refractivity contribution in [2.75, 3.05) is 0 Å². The summed E-state index contributed by atoms with van der Waals surface area (Å²) in [5.74, 6) is 0.695. The number of benzene rings is 7. The zero-order valence-corrected chi connectivity index (χ0v) is 26.5. The van der Waals surface area contributed by atoms with Crippen LogP contribution in [0.1, 0.15) is 0 Å². The molecule has 0 amide bonds.